The van der Waals surface area contributed by atoms with Gasteiger partial charge in [-0.3, -0.25) is 0 Å². The maximum Gasteiger partial charge on any atom is 0.119 e. The summed E-state index contributed by atoms with van der Waals surface area (Å²) >= 11 is 0. The number of hydrogen-bond acceptors (Lipinski definition) is 4. The molecule has 4 nitrogen and oxygen atoms in total. The fourth-order valence-electron chi connectivity index (χ4n) is 2.33. The Kier molecular flexibility index (Phi) is 6.59. The smallest absolute Gasteiger partial charge is 0.119 e. The summed E-state index contributed by atoms with van der Waals surface area (Å²) in [5.74, 6) is 0.751. The van der Waals surface area contributed by atoms with Crippen LogP contribution >= 0.6 is 0 Å². The number of rotatable bonds is 8. The molecule has 0 aliphatic rings. The monoisotopic (exact) mass is 315 g/mol. The molecular formula is C19H25NO3. The highest BCUT2D eigenvalue weighted by Gasteiger charge is 2.17. The van der Waals surface area contributed by atoms with Crippen molar-refractivity contribution in [3.05, 3.63) is 65.7 Å². The van der Waals surface area contributed by atoms with Crippen LogP contribution in [0, 0.1) is 6.92 Å². The second-order valence-electron chi connectivity index (χ2n) is 5.83. The molecule has 0 saturated carbocycles. The lowest BCUT2D eigenvalue weighted by Crippen LogP contribution is -2.39. The van der Waals surface area contributed by atoms with Gasteiger partial charge in [-0.25, -0.2) is 0 Å². The van der Waals surface area contributed by atoms with Gasteiger partial charge < -0.3 is 20.3 Å². The quantitative estimate of drug-likeness (QED) is 0.700. The Bertz CT molecular complexity index is 588. The number of benzene rings is 2. The van der Waals surface area contributed by atoms with Crippen LogP contribution < -0.4 is 10.1 Å². The highest BCUT2D eigenvalue weighted by Crippen LogP contribution is 2.16. The van der Waals surface area contributed by atoms with Crippen LogP contribution in [0.4, 0.5) is 0 Å². The van der Waals surface area contributed by atoms with E-state index in [2.05, 4.69) is 5.32 Å². The molecule has 0 amide bonds. The molecule has 0 radical (unpaired) electrons. The average molecular weight is 315 g/mol. The zero-order chi connectivity index (χ0) is 16.7. The molecule has 4 heteroatoms. The van der Waals surface area contributed by atoms with E-state index < -0.39 is 12.2 Å². The predicted octanol–water partition coefficient (Wildman–Crippen LogP) is 2.45. The van der Waals surface area contributed by atoms with Crippen LogP contribution in [0.5, 0.6) is 5.75 Å². The highest BCUT2D eigenvalue weighted by molar-refractivity contribution is 5.27. The molecule has 0 fully saturated rings. The molecule has 23 heavy (non-hydrogen) atoms. The van der Waals surface area contributed by atoms with Crippen molar-refractivity contribution < 1.29 is 14.9 Å². The van der Waals surface area contributed by atoms with Crippen molar-refractivity contribution in [2.45, 2.75) is 32.1 Å². The van der Waals surface area contributed by atoms with Gasteiger partial charge in [0.1, 0.15) is 18.5 Å². The summed E-state index contributed by atoms with van der Waals surface area (Å²) < 4.78 is 5.57. The zero-order valence-electron chi connectivity index (χ0n) is 13.6. The first-order chi connectivity index (χ1) is 11.1. The Balaban J connectivity index is 1.74. The summed E-state index contributed by atoms with van der Waals surface area (Å²) in [6, 6.07) is 17.1. The molecule has 0 heterocycles. The van der Waals surface area contributed by atoms with E-state index in [1.165, 1.54) is 0 Å². The number of hydrogen-bond donors (Lipinski definition) is 3. The van der Waals surface area contributed by atoms with Crippen molar-refractivity contribution >= 4 is 0 Å². The summed E-state index contributed by atoms with van der Waals surface area (Å²) in [7, 11) is 0. The standard InChI is InChI=1S/C19H25NO3/c1-14-7-6-10-18(11-14)23-13-17(21)12-20-15(2)19(22)16-8-4-3-5-9-16/h3-11,15,17,19-22H,12-13H2,1-2H3/t15-,17-,19+/m1/s1. The van der Waals surface area contributed by atoms with Gasteiger partial charge in [-0.2, -0.15) is 0 Å². The molecule has 0 aliphatic heterocycles. The van der Waals surface area contributed by atoms with Gasteiger partial charge in [0.15, 0.2) is 0 Å². The van der Waals surface area contributed by atoms with Crippen LogP contribution in [0.1, 0.15) is 24.2 Å². The summed E-state index contributed by atoms with van der Waals surface area (Å²) in [5.41, 5.74) is 1.98. The Labute approximate surface area is 137 Å². The Hall–Kier alpha value is -1.88. The molecule has 0 aromatic heterocycles. The summed E-state index contributed by atoms with van der Waals surface area (Å²) in [5, 5.41) is 23.4. The molecule has 124 valence electrons. The van der Waals surface area contributed by atoms with E-state index in [1.807, 2.05) is 68.4 Å². The first-order valence-corrected chi connectivity index (χ1v) is 7.90. The fraction of sp³-hybridized carbons (Fsp3) is 0.368. The van der Waals surface area contributed by atoms with Gasteiger partial charge in [-0.05, 0) is 37.1 Å². The van der Waals surface area contributed by atoms with Gasteiger partial charge in [0.2, 0.25) is 0 Å². The number of aliphatic hydroxyl groups excluding tert-OH is 2. The summed E-state index contributed by atoms with van der Waals surface area (Å²) in [4.78, 5) is 0. The molecule has 0 bridgehead atoms. The van der Waals surface area contributed by atoms with Crippen molar-refractivity contribution in [3.8, 4) is 5.75 Å². The Morgan fingerprint density at radius 2 is 1.78 bits per heavy atom. The zero-order valence-corrected chi connectivity index (χ0v) is 13.6. The lowest BCUT2D eigenvalue weighted by Gasteiger charge is -2.22. The number of aliphatic hydroxyl groups is 2. The van der Waals surface area contributed by atoms with Gasteiger partial charge in [0.25, 0.3) is 0 Å². The summed E-state index contributed by atoms with van der Waals surface area (Å²) in [6.07, 6.45) is -1.25. The molecule has 0 spiro atoms. The number of aryl methyl sites for hydroxylation is 1. The maximum atomic E-state index is 10.3. The van der Waals surface area contributed by atoms with Crippen LogP contribution in [-0.4, -0.2) is 35.5 Å². The third-order valence-corrected chi connectivity index (χ3v) is 3.72. The van der Waals surface area contributed by atoms with E-state index in [0.29, 0.717) is 6.54 Å². The predicted molar refractivity (Wildman–Crippen MR) is 91.5 cm³/mol. The van der Waals surface area contributed by atoms with Gasteiger partial charge in [-0.1, -0.05) is 42.5 Å². The van der Waals surface area contributed by atoms with Gasteiger partial charge >= 0.3 is 0 Å². The topological polar surface area (TPSA) is 61.7 Å². The second kappa shape index (κ2) is 8.67. The molecular weight excluding hydrogens is 290 g/mol. The van der Waals surface area contributed by atoms with E-state index >= 15 is 0 Å². The van der Waals surface area contributed by atoms with Crippen molar-refractivity contribution in [1.29, 1.82) is 0 Å². The van der Waals surface area contributed by atoms with Gasteiger partial charge in [0.05, 0.1) is 6.10 Å². The Morgan fingerprint density at radius 1 is 1.04 bits per heavy atom. The Morgan fingerprint density at radius 3 is 2.48 bits per heavy atom. The fourth-order valence-corrected chi connectivity index (χ4v) is 2.33. The van der Waals surface area contributed by atoms with E-state index in [0.717, 1.165) is 16.9 Å². The van der Waals surface area contributed by atoms with E-state index in [1.54, 1.807) is 0 Å². The maximum absolute atomic E-state index is 10.3. The average Bonchev–Trinajstić information content (AvgIpc) is 2.58. The summed E-state index contributed by atoms with van der Waals surface area (Å²) in [6.45, 7) is 4.46. The normalized spacial score (nSPS) is 15.0. The molecule has 2 aromatic carbocycles. The third kappa shape index (κ3) is 5.67. The van der Waals surface area contributed by atoms with E-state index in [9.17, 15) is 10.2 Å². The van der Waals surface area contributed by atoms with Crippen LogP contribution in [0.25, 0.3) is 0 Å². The largest absolute Gasteiger partial charge is 0.491 e. The highest BCUT2D eigenvalue weighted by atomic mass is 16.5. The molecule has 3 N–H and O–H groups in total. The van der Waals surface area contributed by atoms with Crippen molar-refractivity contribution in [3.63, 3.8) is 0 Å². The number of nitrogens with one attached hydrogen (secondary N) is 1. The number of ether oxygens (including phenoxy) is 1. The molecule has 2 rings (SSSR count). The molecule has 0 aliphatic carbocycles. The first kappa shape index (κ1) is 17.5. The minimum Gasteiger partial charge on any atom is -0.491 e. The molecule has 0 unspecified atom stereocenters. The van der Waals surface area contributed by atoms with Crippen LogP contribution in [0.3, 0.4) is 0 Å². The first-order valence-electron chi connectivity index (χ1n) is 7.90. The van der Waals surface area contributed by atoms with Crippen LogP contribution in [0.2, 0.25) is 0 Å². The molecule has 0 saturated heterocycles. The lowest BCUT2D eigenvalue weighted by atomic mass is 10.0. The second-order valence-corrected chi connectivity index (χ2v) is 5.83. The van der Waals surface area contributed by atoms with Crippen molar-refractivity contribution in [2.24, 2.45) is 0 Å². The van der Waals surface area contributed by atoms with Crippen LogP contribution in [-0.2, 0) is 0 Å². The van der Waals surface area contributed by atoms with Gasteiger partial charge in [-0.15, -0.1) is 0 Å². The SMILES string of the molecule is Cc1cccc(OC[C@H](O)CN[C@H](C)[C@H](O)c2ccccc2)c1. The minimum absolute atomic E-state index is 0.161. The van der Waals surface area contributed by atoms with Crippen LogP contribution in [0.15, 0.2) is 54.6 Å². The van der Waals surface area contributed by atoms with Crippen molar-refractivity contribution in [1.82, 2.24) is 5.32 Å². The van der Waals surface area contributed by atoms with Gasteiger partial charge in [0, 0.05) is 12.6 Å². The van der Waals surface area contributed by atoms with E-state index in [-0.39, 0.29) is 12.6 Å². The molecule has 3 atom stereocenters. The molecule has 2 aromatic rings. The van der Waals surface area contributed by atoms with E-state index in [4.69, 9.17) is 4.74 Å². The lowest BCUT2D eigenvalue weighted by molar-refractivity contribution is 0.0876. The minimum atomic E-state index is -0.638. The third-order valence-electron chi connectivity index (χ3n) is 3.72. The van der Waals surface area contributed by atoms with Crippen molar-refractivity contribution in [2.75, 3.05) is 13.2 Å².